The van der Waals surface area contributed by atoms with E-state index < -0.39 is 11.6 Å². The van der Waals surface area contributed by atoms with Crippen molar-refractivity contribution in [1.29, 1.82) is 0 Å². The highest BCUT2D eigenvalue weighted by Gasteiger charge is 2.45. The third kappa shape index (κ3) is 4.79. The normalized spacial score (nSPS) is 21.2. The summed E-state index contributed by atoms with van der Waals surface area (Å²) in [5.74, 6) is -0.569. The molecule has 0 radical (unpaired) electrons. The van der Waals surface area contributed by atoms with Crippen molar-refractivity contribution in [2.45, 2.75) is 50.7 Å². The second-order valence-corrected chi connectivity index (χ2v) is 8.57. The molecule has 1 saturated heterocycles. The molecule has 0 bridgehead atoms. The molecule has 0 spiro atoms. The summed E-state index contributed by atoms with van der Waals surface area (Å²) in [6.07, 6.45) is 2.95. The summed E-state index contributed by atoms with van der Waals surface area (Å²) in [6, 6.07) is 17.3. The van der Waals surface area contributed by atoms with Gasteiger partial charge in [0.1, 0.15) is 0 Å². The Kier molecular flexibility index (Phi) is 6.07. The zero-order valence-electron chi connectivity index (χ0n) is 17.8. The summed E-state index contributed by atoms with van der Waals surface area (Å²) in [5, 5.41) is 3.10. The number of likely N-dealkylation sites (tertiary alicyclic amines) is 1. The minimum absolute atomic E-state index is 0.0402. The van der Waals surface area contributed by atoms with E-state index in [1.54, 1.807) is 24.0 Å². The molecule has 4 rings (SSSR count). The number of benzene rings is 2. The molecule has 0 saturated carbocycles. The Morgan fingerprint density at radius 2 is 1.74 bits per heavy atom. The van der Waals surface area contributed by atoms with Crippen molar-refractivity contribution >= 4 is 17.8 Å². The number of hydrogen-bond donors (Lipinski definition) is 1. The fraction of sp³-hybridized carbons (Fsp3) is 0.400. The van der Waals surface area contributed by atoms with Gasteiger partial charge in [0.15, 0.2) is 5.60 Å². The van der Waals surface area contributed by atoms with Crippen molar-refractivity contribution in [2.75, 3.05) is 13.1 Å². The number of piperidine rings is 1. The van der Waals surface area contributed by atoms with Gasteiger partial charge in [-0.25, -0.2) is 4.79 Å². The molecule has 1 unspecified atom stereocenters. The van der Waals surface area contributed by atoms with Crippen LogP contribution in [0.4, 0.5) is 0 Å². The molecule has 1 fully saturated rings. The first-order chi connectivity index (χ1) is 14.9. The molecule has 162 valence electrons. The van der Waals surface area contributed by atoms with Crippen LogP contribution in [0.3, 0.4) is 0 Å². The number of rotatable bonds is 5. The van der Waals surface area contributed by atoms with Crippen molar-refractivity contribution in [3.05, 3.63) is 71.3 Å². The maximum atomic E-state index is 13.2. The lowest BCUT2D eigenvalue weighted by Gasteiger charge is -2.40. The second kappa shape index (κ2) is 8.92. The maximum absolute atomic E-state index is 13.2. The molecule has 0 aliphatic carbocycles. The minimum atomic E-state index is -1.18. The number of fused-ring (bicyclic) bond motifs is 1. The Balaban J connectivity index is 1.28. The number of aryl methyl sites for hydroxylation is 1. The highest BCUT2D eigenvalue weighted by Crippen LogP contribution is 2.30. The van der Waals surface area contributed by atoms with E-state index in [9.17, 15) is 14.4 Å². The van der Waals surface area contributed by atoms with Crippen molar-refractivity contribution in [3.63, 3.8) is 0 Å². The fourth-order valence-electron chi connectivity index (χ4n) is 4.42. The zero-order chi connectivity index (χ0) is 21.8. The predicted octanol–water partition coefficient (Wildman–Crippen LogP) is 2.90. The lowest BCUT2D eigenvalue weighted by molar-refractivity contribution is -0.152. The summed E-state index contributed by atoms with van der Waals surface area (Å²) in [7, 11) is 0. The first-order valence-corrected chi connectivity index (χ1v) is 10.9. The van der Waals surface area contributed by atoms with Gasteiger partial charge in [-0.15, -0.1) is 0 Å². The van der Waals surface area contributed by atoms with Crippen molar-refractivity contribution in [1.82, 2.24) is 10.2 Å². The van der Waals surface area contributed by atoms with E-state index >= 15 is 0 Å². The number of ether oxygens (including phenoxy) is 1. The van der Waals surface area contributed by atoms with E-state index in [2.05, 4.69) is 5.32 Å². The van der Waals surface area contributed by atoms with Gasteiger partial charge in [-0.1, -0.05) is 48.5 Å². The third-order valence-corrected chi connectivity index (χ3v) is 6.17. The fourth-order valence-corrected chi connectivity index (χ4v) is 4.42. The molecule has 2 aliphatic rings. The van der Waals surface area contributed by atoms with Crippen LogP contribution in [0.5, 0.6) is 0 Å². The summed E-state index contributed by atoms with van der Waals surface area (Å²) >= 11 is 0. The number of hydrogen-bond acceptors (Lipinski definition) is 4. The summed E-state index contributed by atoms with van der Waals surface area (Å²) < 4.78 is 5.58. The molecule has 2 heterocycles. The Morgan fingerprint density at radius 3 is 2.48 bits per heavy atom. The molecule has 31 heavy (non-hydrogen) atoms. The number of carbonyl (C=O) groups is 3. The number of amides is 2. The SMILES string of the molecule is CC1(C(=O)N2CCC(NC(=O)CCc3ccccc3)CC2)Cc2ccccc2C(=O)O1. The maximum Gasteiger partial charge on any atom is 0.339 e. The molecule has 6 nitrogen and oxygen atoms in total. The van der Waals surface area contributed by atoms with E-state index in [1.165, 1.54) is 0 Å². The van der Waals surface area contributed by atoms with Gasteiger partial charge in [-0.2, -0.15) is 0 Å². The number of nitrogens with one attached hydrogen (secondary N) is 1. The average Bonchev–Trinajstić information content (AvgIpc) is 2.78. The third-order valence-electron chi connectivity index (χ3n) is 6.17. The van der Waals surface area contributed by atoms with Crippen molar-refractivity contribution in [2.24, 2.45) is 0 Å². The highest BCUT2D eigenvalue weighted by molar-refractivity contribution is 5.97. The minimum Gasteiger partial charge on any atom is -0.445 e. The van der Waals surface area contributed by atoms with Crippen LogP contribution in [0, 0.1) is 0 Å². The van der Waals surface area contributed by atoms with Crippen LogP contribution >= 0.6 is 0 Å². The van der Waals surface area contributed by atoms with Gasteiger partial charge in [0.05, 0.1) is 5.56 Å². The first kappa shape index (κ1) is 21.1. The molecule has 6 heteroatoms. The monoisotopic (exact) mass is 420 g/mol. The van der Waals surface area contributed by atoms with Crippen LogP contribution in [-0.4, -0.2) is 47.4 Å². The summed E-state index contributed by atoms with van der Waals surface area (Å²) in [4.78, 5) is 39.6. The second-order valence-electron chi connectivity index (χ2n) is 8.57. The molecule has 1 N–H and O–H groups in total. The molecule has 0 aromatic heterocycles. The quantitative estimate of drug-likeness (QED) is 0.755. The molecule has 2 aliphatic heterocycles. The number of cyclic esters (lactones) is 1. The summed E-state index contributed by atoms with van der Waals surface area (Å²) in [5.41, 5.74) is 1.34. The Labute approximate surface area is 182 Å². The van der Waals surface area contributed by atoms with E-state index in [0.29, 0.717) is 44.3 Å². The van der Waals surface area contributed by atoms with Crippen LogP contribution in [0.1, 0.15) is 47.7 Å². The van der Waals surface area contributed by atoms with Crippen LogP contribution in [0.15, 0.2) is 54.6 Å². The highest BCUT2D eigenvalue weighted by atomic mass is 16.6. The van der Waals surface area contributed by atoms with Crippen LogP contribution in [-0.2, 0) is 27.2 Å². The van der Waals surface area contributed by atoms with E-state index in [0.717, 1.165) is 17.5 Å². The lowest BCUT2D eigenvalue weighted by Crippen LogP contribution is -2.56. The number of nitrogens with zero attached hydrogens (tertiary/aromatic N) is 1. The van der Waals surface area contributed by atoms with E-state index in [4.69, 9.17) is 4.74 Å². The molecule has 1 atom stereocenters. The van der Waals surface area contributed by atoms with Crippen LogP contribution in [0.25, 0.3) is 0 Å². The first-order valence-electron chi connectivity index (χ1n) is 10.9. The molecule has 2 amide bonds. The van der Waals surface area contributed by atoms with Gasteiger partial charge in [0.2, 0.25) is 5.91 Å². The predicted molar refractivity (Wildman–Crippen MR) is 116 cm³/mol. The van der Waals surface area contributed by atoms with Crippen LogP contribution in [0.2, 0.25) is 0 Å². The average molecular weight is 421 g/mol. The van der Waals surface area contributed by atoms with Gasteiger partial charge in [-0.3, -0.25) is 9.59 Å². The largest absolute Gasteiger partial charge is 0.445 e. The van der Waals surface area contributed by atoms with Gasteiger partial charge < -0.3 is 15.0 Å². The van der Waals surface area contributed by atoms with Crippen LogP contribution < -0.4 is 5.32 Å². The van der Waals surface area contributed by atoms with Crippen molar-refractivity contribution < 1.29 is 19.1 Å². The topological polar surface area (TPSA) is 75.7 Å². The molecular weight excluding hydrogens is 392 g/mol. The Bertz CT molecular complexity index is 966. The molecular formula is C25H28N2O4. The Morgan fingerprint density at radius 1 is 1.06 bits per heavy atom. The van der Waals surface area contributed by atoms with Gasteiger partial charge in [-0.05, 0) is 43.4 Å². The molecule has 2 aromatic rings. The van der Waals surface area contributed by atoms with E-state index in [-0.39, 0.29) is 17.9 Å². The Hall–Kier alpha value is -3.15. The smallest absolute Gasteiger partial charge is 0.339 e. The number of esters is 1. The number of carbonyl (C=O) groups excluding carboxylic acids is 3. The van der Waals surface area contributed by atoms with Gasteiger partial charge in [0.25, 0.3) is 5.91 Å². The van der Waals surface area contributed by atoms with E-state index in [1.807, 2.05) is 42.5 Å². The lowest BCUT2D eigenvalue weighted by atomic mass is 9.88. The van der Waals surface area contributed by atoms with Gasteiger partial charge in [0, 0.05) is 32.0 Å². The zero-order valence-corrected chi connectivity index (χ0v) is 17.8. The molecule has 2 aromatic carbocycles. The summed E-state index contributed by atoms with van der Waals surface area (Å²) in [6.45, 7) is 2.77. The standard InChI is InChI=1S/C25H28N2O4/c1-25(17-19-9-5-6-10-21(19)23(29)31-25)24(30)27-15-13-20(14-16-27)26-22(28)12-11-18-7-3-2-4-8-18/h2-10,20H,11-17H2,1H3,(H,26,28). The van der Waals surface area contributed by atoms with Crippen molar-refractivity contribution in [3.8, 4) is 0 Å². The van der Waals surface area contributed by atoms with Gasteiger partial charge >= 0.3 is 5.97 Å².